The third kappa shape index (κ3) is 3.12. The fourth-order valence-corrected chi connectivity index (χ4v) is 1.89. The fraction of sp³-hybridized carbons (Fsp3) is 0.267. The van der Waals surface area contributed by atoms with Crippen molar-refractivity contribution in [3.05, 3.63) is 52.6 Å². The van der Waals surface area contributed by atoms with Gasteiger partial charge in [0.05, 0.1) is 24.1 Å². The highest BCUT2D eigenvalue weighted by molar-refractivity contribution is 5.96. The number of carbonyl (C=O) groups excluding carboxylic acids is 1. The van der Waals surface area contributed by atoms with Gasteiger partial charge in [0.2, 0.25) is 0 Å². The van der Waals surface area contributed by atoms with Crippen molar-refractivity contribution in [3.8, 4) is 0 Å². The summed E-state index contributed by atoms with van der Waals surface area (Å²) in [5.41, 5.74) is 10.5. The van der Waals surface area contributed by atoms with Crippen molar-refractivity contribution in [2.24, 2.45) is 0 Å². The van der Waals surface area contributed by atoms with Gasteiger partial charge >= 0.3 is 0 Å². The first-order valence-electron chi connectivity index (χ1n) is 6.40. The summed E-state index contributed by atoms with van der Waals surface area (Å²) < 4.78 is 0. The molecule has 0 saturated carbocycles. The summed E-state index contributed by atoms with van der Waals surface area (Å²) in [4.78, 5) is 20.5. The van der Waals surface area contributed by atoms with Crippen molar-refractivity contribution >= 4 is 11.6 Å². The first kappa shape index (κ1) is 14.0. The van der Waals surface area contributed by atoms with Gasteiger partial charge in [0, 0.05) is 17.4 Å². The van der Waals surface area contributed by atoms with E-state index in [4.69, 9.17) is 5.73 Å². The zero-order chi connectivity index (χ0) is 14.7. The number of benzene rings is 1. The molecule has 0 radical (unpaired) electrons. The summed E-state index contributed by atoms with van der Waals surface area (Å²) in [6.07, 6.45) is 3.34. The molecule has 0 atom stereocenters. The van der Waals surface area contributed by atoms with Crippen molar-refractivity contribution in [2.75, 3.05) is 5.73 Å². The standard InChI is InChI=1S/C15H18N4O/c1-9-4-10(2)14(16)5-13(9)15(20)19-8-12-7-17-11(3)6-18-12/h4-7H,8,16H2,1-3H3,(H,19,20). The normalized spacial score (nSPS) is 10.3. The number of aryl methyl sites for hydroxylation is 3. The van der Waals surface area contributed by atoms with Gasteiger partial charge in [-0.1, -0.05) is 6.07 Å². The molecule has 0 unspecified atom stereocenters. The van der Waals surface area contributed by atoms with E-state index in [9.17, 15) is 4.79 Å². The molecular formula is C15H18N4O. The molecule has 3 N–H and O–H groups in total. The van der Waals surface area contributed by atoms with E-state index in [1.54, 1.807) is 18.5 Å². The molecule has 0 aliphatic rings. The predicted octanol–water partition coefficient (Wildman–Crippen LogP) is 1.91. The van der Waals surface area contributed by atoms with Crippen molar-refractivity contribution in [3.63, 3.8) is 0 Å². The highest BCUT2D eigenvalue weighted by atomic mass is 16.1. The number of nitrogen functional groups attached to an aromatic ring is 1. The molecule has 0 bridgehead atoms. The molecule has 0 saturated heterocycles. The minimum atomic E-state index is -0.156. The Hall–Kier alpha value is -2.43. The van der Waals surface area contributed by atoms with Gasteiger partial charge in [-0.2, -0.15) is 0 Å². The van der Waals surface area contributed by atoms with Gasteiger partial charge in [-0.15, -0.1) is 0 Å². The molecule has 1 aromatic carbocycles. The number of carbonyl (C=O) groups is 1. The Balaban J connectivity index is 2.09. The topological polar surface area (TPSA) is 80.9 Å². The van der Waals surface area contributed by atoms with Gasteiger partial charge in [-0.25, -0.2) is 0 Å². The van der Waals surface area contributed by atoms with Crippen LogP contribution in [-0.2, 0) is 6.54 Å². The molecule has 104 valence electrons. The molecule has 1 aromatic heterocycles. The molecular weight excluding hydrogens is 252 g/mol. The molecule has 1 heterocycles. The Labute approximate surface area is 118 Å². The minimum Gasteiger partial charge on any atom is -0.398 e. The molecule has 2 rings (SSSR count). The van der Waals surface area contributed by atoms with Crippen LogP contribution in [0.1, 0.15) is 32.9 Å². The number of hydrogen-bond acceptors (Lipinski definition) is 4. The second-order valence-electron chi connectivity index (χ2n) is 4.86. The first-order chi connectivity index (χ1) is 9.47. The Bertz CT molecular complexity index is 635. The zero-order valence-electron chi connectivity index (χ0n) is 11.9. The van der Waals surface area contributed by atoms with Gasteiger partial charge < -0.3 is 11.1 Å². The maximum absolute atomic E-state index is 12.2. The van der Waals surface area contributed by atoms with Crippen molar-refractivity contribution in [1.82, 2.24) is 15.3 Å². The van der Waals surface area contributed by atoms with Gasteiger partial charge in [0.25, 0.3) is 5.91 Å². The van der Waals surface area contributed by atoms with Crippen LogP contribution in [0.15, 0.2) is 24.5 Å². The Morgan fingerprint density at radius 3 is 2.55 bits per heavy atom. The van der Waals surface area contributed by atoms with Gasteiger partial charge in [-0.05, 0) is 38.0 Å². The van der Waals surface area contributed by atoms with Crippen LogP contribution >= 0.6 is 0 Å². The first-order valence-corrected chi connectivity index (χ1v) is 6.40. The summed E-state index contributed by atoms with van der Waals surface area (Å²) in [6, 6.07) is 3.62. The van der Waals surface area contributed by atoms with E-state index in [1.165, 1.54) is 0 Å². The quantitative estimate of drug-likeness (QED) is 0.835. The van der Waals surface area contributed by atoms with Crippen molar-refractivity contribution in [2.45, 2.75) is 27.3 Å². The lowest BCUT2D eigenvalue weighted by atomic mass is 10.0. The average molecular weight is 270 g/mol. The summed E-state index contributed by atoms with van der Waals surface area (Å²) >= 11 is 0. The van der Waals surface area contributed by atoms with E-state index in [0.717, 1.165) is 22.5 Å². The van der Waals surface area contributed by atoms with E-state index in [1.807, 2.05) is 26.8 Å². The van der Waals surface area contributed by atoms with Crippen LogP contribution in [0.4, 0.5) is 5.69 Å². The number of nitrogens with one attached hydrogen (secondary N) is 1. The van der Waals surface area contributed by atoms with E-state index < -0.39 is 0 Å². The molecule has 0 fully saturated rings. The minimum absolute atomic E-state index is 0.156. The van der Waals surface area contributed by atoms with Crippen LogP contribution < -0.4 is 11.1 Å². The number of aromatic nitrogens is 2. The van der Waals surface area contributed by atoms with Gasteiger partial charge in [0.1, 0.15) is 0 Å². The summed E-state index contributed by atoms with van der Waals surface area (Å²) in [7, 11) is 0. The fourth-order valence-electron chi connectivity index (χ4n) is 1.89. The summed E-state index contributed by atoms with van der Waals surface area (Å²) in [5.74, 6) is -0.156. The molecule has 0 aliphatic carbocycles. The van der Waals surface area contributed by atoms with Gasteiger partial charge in [0.15, 0.2) is 0 Å². The van der Waals surface area contributed by atoms with Crippen LogP contribution in [0.2, 0.25) is 0 Å². The SMILES string of the molecule is Cc1cnc(CNC(=O)c2cc(N)c(C)cc2C)cn1. The monoisotopic (exact) mass is 270 g/mol. The lowest BCUT2D eigenvalue weighted by molar-refractivity contribution is 0.0950. The molecule has 0 aliphatic heterocycles. The molecule has 0 spiro atoms. The Morgan fingerprint density at radius 1 is 1.15 bits per heavy atom. The molecule has 5 heteroatoms. The number of hydrogen-bond donors (Lipinski definition) is 2. The maximum atomic E-state index is 12.2. The number of nitrogens with two attached hydrogens (primary N) is 1. The largest absolute Gasteiger partial charge is 0.398 e. The van der Waals surface area contributed by atoms with Crippen molar-refractivity contribution < 1.29 is 4.79 Å². The lowest BCUT2D eigenvalue weighted by Gasteiger charge is -2.10. The molecule has 5 nitrogen and oxygen atoms in total. The maximum Gasteiger partial charge on any atom is 0.251 e. The van der Waals surface area contributed by atoms with Crippen LogP contribution in [0.25, 0.3) is 0 Å². The van der Waals surface area contributed by atoms with Crippen LogP contribution in [0.5, 0.6) is 0 Å². The zero-order valence-corrected chi connectivity index (χ0v) is 11.9. The van der Waals surface area contributed by atoms with E-state index >= 15 is 0 Å². The summed E-state index contributed by atoms with van der Waals surface area (Å²) in [5, 5.41) is 2.83. The van der Waals surface area contributed by atoms with E-state index in [0.29, 0.717) is 17.8 Å². The Morgan fingerprint density at radius 2 is 1.90 bits per heavy atom. The summed E-state index contributed by atoms with van der Waals surface area (Å²) in [6.45, 7) is 6.03. The number of amides is 1. The smallest absolute Gasteiger partial charge is 0.251 e. The Kier molecular flexibility index (Phi) is 3.98. The van der Waals surface area contributed by atoms with Crippen LogP contribution in [0.3, 0.4) is 0 Å². The third-order valence-electron chi connectivity index (χ3n) is 3.12. The molecule has 20 heavy (non-hydrogen) atoms. The number of nitrogens with zero attached hydrogens (tertiary/aromatic N) is 2. The highest BCUT2D eigenvalue weighted by Gasteiger charge is 2.11. The van der Waals surface area contributed by atoms with E-state index in [-0.39, 0.29) is 5.91 Å². The highest BCUT2D eigenvalue weighted by Crippen LogP contribution is 2.17. The van der Waals surface area contributed by atoms with Crippen molar-refractivity contribution in [1.29, 1.82) is 0 Å². The molecule has 2 aromatic rings. The average Bonchev–Trinajstić information content (AvgIpc) is 2.42. The molecule has 1 amide bonds. The van der Waals surface area contributed by atoms with Crippen LogP contribution in [0, 0.1) is 20.8 Å². The van der Waals surface area contributed by atoms with Gasteiger partial charge in [-0.3, -0.25) is 14.8 Å². The number of anilines is 1. The number of rotatable bonds is 3. The predicted molar refractivity (Wildman–Crippen MR) is 78.3 cm³/mol. The lowest BCUT2D eigenvalue weighted by Crippen LogP contribution is -2.24. The van der Waals surface area contributed by atoms with Crippen LogP contribution in [-0.4, -0.2) is 15.9 Å². The third-order valence-corrected chi connectivity index (χ3v) is 3.12. The van der Waals surface area contributed by atoms with E-state index in [2.05, 4.69) is 15.3 Å². The second-order valence-corrected chi connectivity index (χ2v) is 4.86. The second kappa shape index (κ2) is 5.69.